The number of rotatable bonds is 28. The quantitative estimate of drug-likeness (QED) is 0.0307. The summed E-state index contributed by atoms with van der Waals surface area (Å²) in [6.07, 6.45) is 8.48. The Hall–Kier alpha value is -10.1. The number of nitrogens with zero attached hydrogens (tertiary/aromatic N) is 8. The third kappa shape index (κ3) is 18.6. The van der Waals surface area contributed by atoms with Crippen LogP contribution in [0.25, 0.3) is 11.4 Å². The Morgan fingerprint density at radius 1 is 0.515 bits per heavy atom. The topological polar surface area (TPSA) is 262 Å². The smallest absolute Gasteiger partial charge is 0.274 e. The summed E-state index contributed by atoms with van der Waals surface area (Å²) in [6, 6.07) is 45.3. The minimum Gasteiger partial charge on any atom is -0.394 e. The van der Waals surface area contributed by atoms with Gasteiger partial charge in [-0.15, -0.1) is 11.3 Å². The summed E-state index contributed by atoms with van der Waals surface area (Å²) in [4.78, 5) is 90.9. The van der Waals surface area contributed by atoms with Gasteiger partial charge in [0.2, 0.25) is 10.0 Å². The van der Waals surface area contributed by atoms with Crippen LogP contribution in [-0.2, 0) is 41.7 Å². The number of aliphatic hydroxyl groups is 2. The first-order valence-electron chi connectivity index (χ1n) is 35.5. The molecule has 103 heavy (non-hydrogen) atoms. The number of amides is 6. The molecule has 6 aromatic carbocycles. The number of anilines is 3. The van der Waals surface area contributed by atoms with Gasteiger partial charge in [0.05, 0.1) is 58.4 Å². The van der Waals surface area contributed by atoms with Crippen molar-refractivity contribution in [3.8, 4) is 11.4 Å². The second kappa shape index (κ2) is 35.2. The molecular formula is C80H93N11O10S2. The lowest BCUT2D eigenvalue weighted by atomic mass is 9.93. The van der Waals surface area contributed by atoms with Gasteiger partial charge in [-0.3, -0.25) is 33.5 Å². The summed E-state index contributed by atoms with van der Waals surface area (Å²) in [5.74, 6) is -1.86. The third-order valence-corrected chi connectivity index (χ3v) is 21.0. The van der Waals surface area contributed by atoms with E-state index in [1.54, 1.807) is 92.0 Å². The van der Waals surface area contributed by atoms with Gasteiger partial charge in [0.1, 0.15) is 0 Å². The minimum atomic E-state index is -3.69. The van der Waals surface area contributed by atoms with Gasteiger partial charge < -0.3 is 40.4 Å². The molecule has 11 rings (SSSR count). The number of aryl methyl sites for hydroxylation is 3. The molecule has 0 saturated carbocycles. The van der Waals surface area contributed by atoms with E-state index in [0.29, 0.717) is 107 Å². The Kier molecular flexibility index (Phi) is 25.8. The Balaban J connectivity index is 0.000000227. The van der Waals surface area contributed by atoms with E-state index in [9.17, 15) is 47.4 Å². The van der Waals surface area contributed by atoms with Gasteiger partial charge in [0, 0.05) is 73.3 Å². The van der Waals surface area contributed by atoms with Crippen molar-refractivity contribution in [2.24, 2.45) is 0 Å². The van der Waals surface area contributed by atoms with E-state index in [0.717, 1.165) is 79.2 Å². The summed E-state index contributed by atoms with van der Waals surface area (Å²) >= 11 is 1.36. The van der Waals surface area contributed by atoms with Crippen LogP contribution in [0.15, 0.2) is 163 Å². The molecule has 0 saturated heterocycles. The van der Waals surface area contributed by atoms with Crippen molar-refractivity contribution in [1.29, 1.82) is 0 Å². The summed E-state index contributed by atoms with van der Waals surface area (Å²) in [6.45, 7) is 16.8. The van der Waals surface area contributed by atoms with Gasteiger partial charge in [-0.2, -0.15) is 10.2 Å². The van der Waals surface area contributed by atoms with Crippen LogP contribution >= 0.6 is 11.3 Å². The molecule has 23 heteroatoms. The van der Waals surface area contributed by atoms with E-state index in [-0.39, 0.29) is 71.9 Å². The molecule has 0 unspecified atom stereocenters. The van der Waals surface area contributed by atoms with Crippen LogP contribution in [0.1, 0.15) is 186 Å². The van der Waals surface area contributed by atoms with Crippen LogP contribution in [0, 0.1) is 20.8 Å². The van der Waals surface area contributed by atoms with E-state index in [2.05, 4.69) is 43.1 Å². The maximum atomic E-state index is 14.7. The van der Waals surface area contributed by atoms with Gasteiger partial charge in [0.25, 0.3) is 35.4 Å². The van der Waals surface area contributed by atoms with Crippen LogP contribution in [0.3, 0.4) is 0 Å². The fourth-order valence-corrected chi connectivity index (χ4v) is 14.9. The standard InChI is InChI=1S/C44H50N6O6S.C36H43N5O4S/c1-4-6-23-48(24-7-5-2)44(54)40-25-31(3)50(46-40)41-22-21-37(27-39(41)43(53)49-28-35-16-12-11-15-34(35)26-38(49)29-51)45-42(52)33-17-19-36(20-18-33)47-57(55,56)30-32-13-9-8-10-14-32;1-5-7-16-39(17-8-6-2)36(45)31-19-25(4)41(38-31)32-14-13-28(37-34(43)33-24(3)15-18-46-33)21-30(32)35(44)40-22-27-12-10-9-11-26(27)20-29(40)23-42/h8-22,25,27,38,47,51H,4-7,23-24,26,28-30H2,1-3H3,(H,45,52);9-15,18-19,21,29,42H,5-8,16-17,20,22-23H2,1-4H3,(H,37,43)/t38-;29-/m00/s1. The zero-order valence-corrected chi connectivity index (χ0v) is 61.4. The molecule has 2 atom stereocenters. The molecule has 0 bridgehead atoms. The van der Waals surface area contributed by atoms with E-state index < -0.39 is 28.0 Å². The number of aromatic nitrogens is 4. The highest BCUT2D eigenvalue weighted by Crippen LogP contribution is 2.33. The SMILES string of the molecule is CCCCN(CCCC)C(=O)c1cc(C)n(-c2ccc(NC(=O)c3ccc(NS(=O)(=O)Cc4ccccc4)cc3)cc2C(=O)N2Cc3ccccc3C[C@H]2CO)n1.CCCCN(CCCC)C(=O)c1cc(C)n(-c2ccc(NC(=O)c3sccc3C)cc2C(=O)N2Cc3ccccc3C[C@H]2CO)n1. The number of aliphatic hydroxyl groups excluding tert-OH is 2. The number of thiophene rings is 1. The van der Waals surface area contributed by atoms with Crippen LogP contribution in [0.5, 0.6) is 0 Å². The molecule has 0 aliphatic carbocycles. The number of hydrogen-bond acceptors (Lipinski definition) is 13. The number of carbonyl (C=O) groups excluding carboxylic acids is 6. The molecule has 0 fully saturated rings. The second-order valence-corrected chi connectivity index (χ2v) is 29.0. The number of nitrogens with one attached hydrogen (secondary N) is 3. The van der Waals surface area contributed by atoms with Crippen molar-refractivity contribution in [2.75, 3.05) is 54.7 Å². The highest BCUT2D eigenvalue weighted by atomic mass is 32.2. The fraction of sp³-hybridized carbons (Fsp3) is 0.350. The predicted molar refractivity (Wildman–Crippen MR) is 404 cm³/mol. The maximum Gasteiger partial charge on any atom is 0.274 e. The van der Waals surface area contributed by atoms with Gasteiger partial charge >= 0.3 is 0 Å². The van der Waals surface area contributed by atoms with E-state index in [4.69, 9.17) is 10.2 Å². The highest BCUT2D eigenvalue weighted by Gasteiger charge is 2.35. The number of benzene rings is 6. The molecule has 5 heterocycles. The van der Waals surface area contributed by atoms with Crippen LogP contribution in [0.2, 0.25) is 0 Å². The summed E-state index contributed by atoms with van der Waals surface area (Å²) in [5.41, 5.74) is 10.5. The number of hydrogen-bond donors (Lipinski definition) is 5. The first kappa shape index (κ1) is 75.6. The van der Waals surface area contributed by atoms with Crippen molar-refractivity contribution in [1.82, 2.24) is 39.2 Å². The normalized spacial score (nSPS) is 14.0. The molecule has 2 aliphatic heterocycles. The van der Waals surface area contributed by atoms with Gasteiger partial charge in [0.15, 0.2) is 11.4 Å². The van der Waals surface area contributed by atoms with Crippen LogP contribution < -0.4 is 15.4 Å². The van der Waals surface area contributed by atoms with Crippen LogP contribution in [0.4, 0.5) is 17.1 Å². The largest absolute Gasteiger partial charge is 0.394 e. The Morgan fingerprint density at radius 3 is 1.35 bits per heavy atom. The fourth-order valence-electron chi connectivity index (χ4n) is 12.9. The van der Waals surface area contributed by atoms with E-state index >= 15 is 0 Å². The van der Waals surface area contributed by atoms with Crippen molar-refractivity contribution < 1.29 is 47.4 Å². The lowest BCUT2D eigenvalue weighted by Crippen LogP contribution is -2.46. The molecule has 0 radical (unpaired) electrons. The minimum absolute atomic E-state index is 0.125. The molecule has 3 aromatic heterocycles. The average molecular weight is 1430 g/mol. The number of fused-ring (bicyclic) bond motifs is 2. The summed E-state index contributed by atoms with van der Waals surface area (Å²) < 4.78 is 31.3. The molecule has 2 aliphatic rings. The Bertz CT molecular complexity index is 4570. The Morgan fingerprint density at radius 2 is 0.932 bits per heavy atom. The Labute approximate surface area is 607 Å². The molecule has 21 nitrogen and oxygen atoms in total. The van der Waals surface area contributed by atoms with Crippen molar-refractivity contribution in [3.05, 3.63) is 241 Å². The molecule has 5 N–H and O–H groups in total. The molecule has 0 spiro atoms. The molecule has 9 aromatic rings. The lowest BCUT2D eigenvalue weighted by molar-refractivity contribution is 0.0539. The predicted octanol–water partition coefficient (Wildman–Crippen LogP) is 13.4. The third-order valence-electron chi connectivity index (χ3n) is 18.7. The molecular weight excluding hydrogens is 1340 g/mol. The molecule has 540 valence electrons. The summed E-state index contributed by atoms with van der Waals surface area (Å²) in [5, 5.41) is 38.0. The number of carbonyl (C=O) groups is 6. The first-order valence-corrected chi connectivity index (χ1v) is 38.1. The monoisotopic (exact) mass is 1430 g/mol. The van der Waals surface area contributed by atoms with Gasteiger partial charge in [-0.1, -0.05) is 132 Å². The van der Waals surface area contributed by atoms with E-state index in [1.165, 1.54) is 35.6 Å². The first-order chi connectivity index (χ1) is 49.7. The number of unbranched alkanes of at least 4 members (excludes halogenated alkanes) is 4. The van der Waals surface area contributed by atoms with Crippen molar-refractivity contribution in [3.63, 3.8) is 0 Å². The zero-order chi connectivity index (χ0) is 73.3. The average Bonchev–Trinajstić information content (AvgIpc) is 1.77. The maximum absolute atomic E-state index is 14.7. The van der Waals surface area contributed by atoms with Crippen molar-refractivity contribution >= 4 is 73.9 Å². The van der Waals surface area contributed by atoms with Gasteiger partial charge in [-0.05, 0) is 177 Å². The lowest BCUT2D eigenvalue weighted by Gasteiger charge is -2.36. The van der Waals surface area contributed by atoms with Crippen molar-refractivity contribution in [2.45, 2.75) is 144 Å². The zero-order valence-electron chi connectivity index (χ0n) is 59.7. The van der Waals surface area contributed by atoms with Crippen LogP contribution in [-0.4, -0.2) is 145 Å². The summed E-state index contributed by atoms with van der Waals surface area (Å²) in [7, 11) is -3.69. The molecule has 6 amide bonds. The van der Waals surface area contributed by atoms with E-state index in [1.807, 2.05) is 96.6 Å². The second-order valence-electron chi connectivity index (χ2n) is 26.4. The van der Waals surface area contributed by atoms with Gasteiger partial charge in [-0.25, -0.2) is 17.8 Å². The highest BCUT2D eigenvalue weighted by molar-refractivity contribution is 7.91. The number of sulfonamides is 1.